The fraction of sp³-hybridized carbons (Fsp3) is 0.125. The molecule has 0 fully saturated rings. The van der Waals surface area contributed by atoms with E-state index >= 15 is 0 Å². The van der Waals surface area contributed by atoms with E-state index in [1.807, 2.05) is 0 Å². The Morgan fingerprint density at radius 2 is 2.29 bits per heavy atom. The molecule has 0 aliphatic rings. The van der Waals surface area contributed by atoms with Crippen LogP contribution in [0.15, 0.2) is 22.9 Å². The molecule has 14 heavy (non-hydrogen) atoms. The largest absolute Gasteiger partial charge is 0.368 e. The molecule has 0 bridgehead atoms. The lowest BCUT2D eigenvalue weighted by molar-refractivity contribution is -0.117. The van der Waals surface area contributed by atoms with Crippen LogP contribution in [0.3, 0.4) is 0 Å². The molecular formula is C8H8BrN3O2. The molecule has 0 saturated carbocycles. The number of primary amides is 1. The minimum atomic E-state index is -0.577. The van der Waals surface area contributed by atoms with Crippen molar-refractivity contribution in [3.8, 4) is 0 Å². The Morgan fingerprint density at radius 3 is 2.86 bits per heavy atom. The van der Waals surface area contributed by atoms with E-state index in [4.69, 9.17) is 5.73 Å². The summed E-state index contributed by atoms with van der Waals surface area (Å²) in [5.74, 6) is -0.932. The van der Waals surface area contributed by atoms with Crippen LogP contribution < -0.4 is 11.1 Å². The number of amides is 2. The Labute approximate surface area is 88.8 Å². The number of rotatable bonds is 3. The summed E-state index contributed by atoms with van der Waals surface area (Å²) in [6.07, 6.45) is 1.49. The number of nitrogens with one attached hydrogen (secondary N) is 1. The zero-order valence-corrected chi connectivity index (χ0v) is 8.74. The van der Waals surface area contributed by atoms with Gasteiger partial charge in [0, 0.05) is 11.8 Å². The zero-order chi connectivity index (χ0) is 10.6. The van der Waals surface area contributed by atoms with Crippen LogP contribution in [0.5, 0.6) is 0 Å². The lowest BCUT2D eigenvalue weighted by atomic mass is 10.2. The van der Waals surface area contributed by atoms with E-state index in [2.05, 4.69) is 26.2 Å². The highest BCUT2D eigenvalue weighted by Crippen LogP contribution is 2.07. The van der Waals surface area contributed by atoms with Crippen LogP contribution in [0.4, 0.5) is 0 Å². The van der Waals surface area contributed by atoms with Crippen LogP contribution in [0.25, 0.3) is 0 Å². The maximum Gasteiger partial charge on any atom is 0.251 e. The van der Waals surface area contributed by atoms with Gasteiger partial charge in [0.25, 0.3) is 5.91 Å². The third-order valence-electron chi connectivity index (χ3n) is 1.41. The molecule has 0 aliphatic heterocycles. The van der Waals surface area contributed by atoms with Gasteiger partial charge in [-0.15, -0.1) is 0 Å². The lowest BCUT2D eigenvalue weighted by Crippen LogP contribution is -2.33. The number of nitrogens with zero attached hydrogens (tertiary/aromatic N) is 1. The van der Waals surface area contributed by atoms with Crippen molar-refractivity contribution in [1.82, 2.24) is 10.3 Å². The smallest absolute Gasteiger partial charge is 0.251 e. The number of pyridine rings is 1. The molecule has 0 radical (unpaired) electrons. The van der Waals surface area contributed by atoms with E-state index in [1.165, 1.54) is 6.20 Å². The fourth-order valence-corrected chi connectivity index (χ4v) is 1.18. The van der Waals surface area contributed by atoms with Crippen LogP contribution in [0.2, 0.25) is 0 Å². The van der Waals surface area contributed by atoms with Gasteiger partial charge >= 0.3 is 0 Å². The van der Waals surface area contributed by atoms with Crippen LogP contribution >= 0.6 is 15.9 Å². The summed E-state index contributed by atoms with van der Waals surface area (Å²) in [6, 6.07) is 3.09. The van der Waals surface area contributed by atoms with Gasteiger partial charge in [0.1, 0.15) is 4.60 Å². The van der Waals surface area contributed by atoms with Crippen molar-refractivity contribution >= 4 is 27.7 Å². The molecule has 74 valence electrons. The highest BCUT2D eigenvalue weighted by molar-refractivity contribution is 9.10. The van der Waals surface area contributed by atoms with E-state index in [1.54, 1.807) is 12.1 Å². The minimum absolute atomic E-state index is 0.168. The summed E-state index contributed by atoms with van der Waals surface area (Å²) in [7, 11) is 0. The molecule has 0 aliphatic carbocycles. The minimum Gasteiger partial charge on any atom is -0.368 e. The summed E-state index contributed by atoms with van der Waals surface area (Å²) in [4.78, 5) is 25.6. The molecule has 2 amide bonds. The molecular weight excluding hydrogens is 250 g/mol. The third kappa shape index (κ3) is 3.14. The van der Waals surface area contributed by atoms with E-state index in [0.29, 0.717) is 10.2 Å². The Hall–Kier alpha value is -1.43. The van der Waals surface area contributed by atoms with Crippen molar-refractivity contribution in [2.45, 2.75) is 0 Å². The molecule has 0 spiro atoms. The number of carbonyl (C=O) groups is 2. The number of nitrogens with two attached hydrogens (primary N) is 1. The molecule has 1 aromatic rings. The average molecular weight is 258 g/mol. The lowest BCUT2D eigenvalue weighted by Gasteiger charge is -2.02. The first kappa shape index (κ1) is 10.6. The third-order valence-corrected chi connectivity index (χ3v) is 1.85. The summed E-state index contributed by atoms with van der Waals surface area (Å²) in [6.45, 7) is -0.168. The molecule has 1 heterocycles. The van der Waals surface area contributed by atoms with Crippen molar-refractivity contribution in [3.63, 3.8) is 0 Å². The SMILES string of the molecule is NC(=O)CNC(=O)c1ccnc(Br)c1. The fourth-order valence-electron chi connectivity index (χ4n) is 0.813. The second kappa shape index (κ2) is 4.71. The van der Waals surface area contributed by atoms with Crippen molar-refractivity contribution in [1.29, 1.82) is 0 Å². The quantitative estimate of drug-likeness (QED) is 0.751. The summed E-state index contributed by atoms with van der Waals surface area (Å²) in [5.41, 5.74) is 5.30. The molecule has 5 nitrogen and oxygen atoms in total. The number of hydrogen-bond donors (Lipinski definition) is 2. The Balaban J connectivity index is 2.65. The molecule has 0 aromatic carbocycles. The number of hydrogen-bond acceptors (Lipinski definition) is 3. The first-order valence-electron chi connectivity index (χ1n) is 3.77. The van der Waals surface area contributed by atoms with Crippen molar-refractivity contribution in [3.05, 3.63) is 28.5 Å². The van der Waals surface area contributed by atoms with E-state index < -0.39 is 5.91 Å². The molecule has 0 atom stereocenters. The van der Waals surface area contributed by atoms with Crippen LogP contribution in [-0.4, -0.2) is 23.3 Å². The van der Waals surface area contributed by atoms with Crippen LogP contribution in [0.1, 0.15) is 10.4 Å². The van der Waals surface area contributed by atoms with Crippen molar-refractivity contribution in [2.24, 2.45) is 5.73 Å². The molecule has 1 rings (SSSR count). The van der Waals surface area contributed by atoms with Crippen molar-refractivity contribution in [2.75, 3.05) is 6.54 Å². The van der Waals surface area contributed by atoms with Crippen LogP contribution in [0, 0.1) is 0 Å². The zero-order valence-electron chi connectivity index (χ0n) is 7.16. The van der Waals surface area contributed by atoms with Gasteiger partial charge in [0.2, 0.25) is 5.91 Å². The average Bonchev–Trinajstić information content (AvgIpc) is 2.14. The molecule has 0 unspecified atom stereocenters. The Morgan fingerprint density at radius 1 is 1.57 bits per heavy atom. The highest BCUT2D eigenvalue weighted by atomic mass is 79.9. The molecule has 0 saturated heterocycles. The molecule has 1 aromatic heterocycles. The first-order chi connectivity index (χ1) is 6.59. The van der Waals surface area contributed by atoms with Gasteiger partial charge in [0.15, 0.2) is 0 Å². The maximum atomic E-state index is 11.3. The number of aromatic nitrogens is 1. The standard InChI is InChI=1S/C8H8BrN3O2/c9-6-3-5(1-2-11-6)8(14)12-4-7(10)13/h1-3H,4H2,(H2,10,13)(H,12,14). The van der Waals surface area contributed by atoms with E-state index in [0.717, 1.165) is 0 Å². The Bertz CT molecular complexity index is 367. The summed E-state index contributed by atoms with van der Waals surface area (Å²) in [5, 5.41) is 2.36. The predicted octanol–water partition coefficient (Wildman–Crippen LogP) is 0.0592. The monoisotopic (exact) mass is 257 g/mol. The van der Waals surface area contributed by atoms with E-state index in [-0.39, 0.29) is 12.5 Å². The highest BCUT2D eigenvalue weighted by Gasteiger charge is 2.06. The first-order valence-corrected chi connectivity index (χ1v) is 4.57. The van der Waals surface area contributed by atoms with Gasteiger partial charge in [-0.05, 0) is 28.1 Å². The van der Waals surface area contributed by atoms with Gasteiger partial charge in [-0.25, -0.2) is 4.98 Å². The second-order valence-electron chi connectivity index (χ2n) is 2.52. The van der Waals surface area contributed by atoms with Gasteiger partial charge in [0.05, 0.1) is 6.54 Å². The Kier molecular flexibility index (Phi) is 3.58. The van der Waals surface area contributed by atoms with Gasteiger partial charge in [-0.1, -0.05) is 0 Å². The number of halogens is 1. The normalized spacial score (nSPS) is 9.50. The topological polar surface area (TPSA) is 85.1 Å². The van der Waals surface area contributed by atoms with Gasteiger partial charge in [-0.2, -0.15) is 0 Å². The maximum absolute atomic E-state index is 11.3. The number of carbonyl (C=O) groups excluding carboxylic acids is 2. The second-order valence-corrected chi connectivity index (χ2v) is 3.33. The predicted molar refractivity (Wildman–Crippen MR) is 53.5 cm³/mol. The summed E-state index contributed by atoms with van der Waals surface area (Å²) < 4.78 is 0.559. The van der Waals surface area contributed by atoms with Crippen LogP contribution in [-0.2, 0) is 4.79 Å². The molecule has 6 heteroatoms. The van der Waals surface area contributed by atoms with Crippen molar-refractivity contribution < 1.29 is 9.59 Å². The van der Waals surface area contributed by atoms with Gasteiger partial charge < -0.3 is 11.1 Å². The van der Waals surface area contributed by atoms with Gasteiger partial charge in [-0.3, -0.25) is 9.59 Å². The summed E-state index contributed by atoms with van der Waals surface area (Å²) >= 11 is 3.13. The van der Waals surface area contributed by atoms with E-state index in [9.17, 15) is 9.59 Å². The molecule has 3 N–H and O–H groups in total.